The van der Waals surface area contributed by atoms with Gasteiger partial charge in [0.05, 0.1) is 19.8 Å². The summed E-state index contributed by atoms with van der Waals surface area (Å²) in [5, 5.41) is 3.48. The van der Waals surface area contributed by atoms with Crippen LogP contribution in [0.4, 0.5) is 0 Å². The Bertz CT molecular complexity index is 317. The van der Waals surface area contributed by atoms with Crippen LogP contribution in [0.3, 0.4) is 0 Å². The Hall–Kier alpha value is -0.420. The van der Waals surface area contributed by atoms with Gasteiger partial charge in [0.15, 0.2) is 0 Å². The van der Waals surface area contributed by atoms with Crippen molar-refractivity contribution in [1.29, 1.82) is 0 Å². The smallest absolute Gasteiger partial charge is 0.0810 e. The predicted molar refractivity (Wildman–Crippen MR) is 72.4 cm³/mol. The van der Waals surface area contributed by atoms with Gasteiger partial charge >= 0.3 is 0 Å². The van der Waals surface area contributed by atoms with Crippen molar-refractivity contribution in [2.75, 3.05) is 20.3 Å². The molecule has 1 N–H and O–H groups in total. The van der Waals surface area contributed by atoms with Crippen molar-refractivity contribution in [2.24, 2.45) is 0 Å². The van der Waals surface area contributed by atoms with Crippen LogP contribution in [0.15, 0.2) is 12.1 Å². The minimum Gasteiger partial charge on any atom is -0.382 e. The van der Waals surface area contributed by atoms with Crippen LogP contribution in [0.2, 0.25) is 0 Å². The Labute approximate surface area is 108 Å². The summed E-state index contributed by atoms with van der Waals surface area (Å²) < 4.78 is 10.4. The normalized spacial score (nSPS) is 12.0. The van der Waals surface area contributed by atoms with E-state index in [9.17, 15) is 0 Å². The second-order valence-corrected chi connectivity index (χ2v) is 6.27. The third-order valence-electron chi connectivity index (χ3n) is 2.19. The summed E-state index contributed by atoms with van der Waals surface area (Å²) in [6.07, 6.45) is 0. The Kier molecular flexibility index (Phi) is 6.12. The van der Waals surface area contributed by atoms with Crippen molar-refractivity contribution >= 4 is 11.3 Å². The van der Waals surface area contributed by atoms with E-state index in [0.29, 0.717) is 19.8 Å². The van der Waals surface area contributed by atoms with Crippen molar-refractivity contribution in [1.82, 2.24) is 5.32 Å². The van der Waals surface area contributed by atoms with Crippen LogP contribution in [0, 0.1) is 0 Å². The topological polar surface area (TPSA) is 30.5 Å². The molecule has 4 heteroatoms. The highest BCUT2D eigenvalue weighted by molar-refractivity contribution is 7.11. The van der Waals surface area contributed by atoms with Gasteiger partial charge in [-0.2, -0.15) is 0 Å². The first-order valence-corrected chi connectivity index (χ1v) is 6.72. The van der Waals surface area contributed by atoms with Gasteiger partial charge < -0.3 is 14.8 Å². The lowest BCUT2D eigenvalue weighted by Crippen LogP contribution is -2.34. The van der Waals surface area contributed by atoms with E-state index in [1.54, 1.807) is 18.4 Å². The molecule has 1 rings (SSSR count). The van der Waals surface area contributed by atoms with Gasteiger partial charge in [0, 0.05) is 28.9 Å². The first-order valence-electron chi connectivity index (χ1n) is 5.90. The molecule has 0 amide bonds. The van der Waals surface area contributed by atoms with Crippen LogP contribution in [0.5, 0.6) is 0 Å². The molecule has 0 aliphatic carbocycles. The van der Waals surface area contributed by atoms with Gasteiger partial charge in [0.1, 0.15) is 0 Å². The molecule has 17 heavy (non-hydrogen) atoms. The Balaban J connectivity index is 2.28. The highest BCUT2D eigenvalue weighted by Crippen LogP contribution is 2.18. The number of methoxy groups -OCH3 is 1. The van der Waals surface area contributed by atoms with Gasteiger partial charge in [-0.3, -0.25) is 0 Å². The zero-order valence-corrected chi connectivity index (χ0v) is 12.0. The Morgan fingerprint density at radius 3 is 2.53 bits per heavy atom. The maximum absolute atomic E-state index is 5.48. The van der Waals surface area contributed by atoms with E-state index in [2.05, 4.69) is 38.2 Å². The van der Waals surface area contributed by atoms with E-state index in [1.165, 1.54) is 9.75 Å². The van der Waals surface area contributed by atoms with E-state index in [4.69, 9.17) is 9.47 Å². The van der Waals surface area contributed by atoms with Crippen LogP contribution >= 0.6 is 11.3 Å². The van der Waals surface area contributed by atoms with Gasteiger partial charge in [-0.05, 0) is 32.9 Å². The van der Waals surface area contributed by atoms with Crippen LogP contribution in [0.25, 0.3) is 0 Å². The van der Waals surface area contributed by atoms with E-state index in [1.807, 2.05) is 0 Å². The molecule has 0 aliphatic heterocycles. The van der Waals surface area contributed by atoms with Gasteiger partial charge in [0.2, 0.25) is 0 Å². The van der Waals surface area contributed by atoms with Crippen LogP contribution < -0.4 is 5.32 Å². The average Bonchev–Trinajstić information content (AvgIpc) is 2.69. The molecule has 1 heterocycles. The van der Waals surface area contributed by atoms with Crippen molar-refractivity contribution in [2.45, 2.75) is 39.5 Å². The number of ether oxygens (including phenoxy) is 2. The molecule has 0 radical (unpaired) electrons. The predicted octanol–water partition coefficient (Wildman–Crippen LogP) is 2.80. The molecule has 98 valence electrons. The van der Waals surface area contributed by atoms with E-state index >= 15 is 0 Å². The molecule has 1 aromatic rings. The summed E-state index contributed by atoms with van der Waals surface area (Å²) in [5.41, 5.74) is 0.166. The lowest BCUT2D eigenvalue weighted by atomic mass is 10.1. The lowest BCUT2D eigenvalue weighted by Gasteiger charge is -2.19. The molecule has 0 fully saturated rings. The quantitative estimate of drug-likeness (QED) is 0.762. The molecule has 0 bridgehead atoms. The standard InChI is InChI=1S/C13H23NO2S/c1-13(2,3)14-9-11-5-6-12(17-11)10-16-8-7-15-4/h5-6,14H,7-10H2,1-4H3. The van der Waals surface area contributed by atoms with E-state index in [-0.39, 0.29) is 5.54 Å². The fourth-order valence-electron chi connectivity index (χ4n) is 1.26. The molecule has 0 atom stereocenters. The molecule has 0 aromatic carbocycles. The van der Waals surface area contributed by atoms with Crippen molar-refractivity contribution < 1.29 is 9.47 Å². The largest absolute Gasteiger partial charge is 0.382 e. The lowest BCUT2D eigenvalue weighted by molar-refractivity contribution is 0.0628. The summed E-state index contributed by atoms with van der Waals surface area (Å²) in [7, 11) is 1.69. The Morgan fingerprint density at radius 2 is 1.88 bits per heavy atom. The Morgan fingerprint density at radius 1 is 1.18 bits per heavy atom. The van der Waals surface area contributed by atoms with E-state index < -0.39 is 0 Å². The molecular formula is C13H23NO2S. The average molecular weight is 257 g/mol. The number of hydrogen-bond acceptors (Lipinski definition) is 4. The molecule has 0 saturated carbocycles. The first kappa shape index (κ1) is 14.6. The summed E-state index contributed by atoms with van der Waals surface area (Å²) in [5.74, 6) is 0. The van der Waals surface area contributed by atoms with Gasteiger partial charge in [-0.15, -0.1) is 11.3 Å². The second kappa shape index (κ2) is 7.11. The SMILES string of the molecule is COCCOCc1ccc(CNC(C)(C)C)s1. The number of rotatable bonds is 7. The fraction of sp³-hybridized carbons (Fsp3) is 0.692. The van der Waals surface area contributed by atoms with Crippen molar-refractivity contribution in [3.05, 3.63) is 21.9 Å². The molecule has 3 nitrogen and oxygen atoms in total. The molecule has 1 aromatic heterocycles. The van der Waals surface area contributed by atoms with Crippen LogP contribution in [-0.2, 0) is 22.6 Å². The highest BCUT2D eigenvalue weighted by atomic mass is 32.1. The van der Waals surface area contributed by atoms with Crippen LogP contribution in [-0.4, -0.2) is 25.9 Å². The number of nitrogens with one attached hydrogen (secondary N) is 1. The van der Waals surface area contributed by atoms with E-state index in [0.717, 1.165) is 6.54 Å². The van der Waals surface area contributed by atoms with Crippen molar-refractivity contribution in [3.63, 3.8) is 0 Å². The minimum atomic E-state index is 0.166. The van der Waals surface area contributed by atoms with Crippen LogP contribution in [0.1, 0.15) is 30.5 Å². The zero-order chi connectivity index (χ0) is 12.7. The van der Waals surface area contributed by atoms with Gasteiger partial charge in [-0.25, -0.2) is 0 Å². The summed E-state index contributed by atoms with van der Waals surface area (Å²) in [6, 6.07) is 4.30. The van der Waals surface area contributed by atoms with Gasteiger partial charge in [-0.1, -0.05) is 0 Å². The highest BCUT2D eigenvalue weighted by Gasteiger charge is 2.09. The molecule has 0 aliphatic rings. The summed E-state index contributed by atoms with van der Waals surface area (Å²) in [4.78, 5) is 2.62. The third-order valence-corrected chi connectivity index (χ3v) is 3.25. The molecular weight excluding hydrogens is 234 g/mol. The van der Waals surface area contributed by atoms with Gasteiger partial charge in [0.25, 0.3) is 0 Å². The maximum Gasteiger partial charge on any atom is 0.0810 e. The number of hydrogen-bond donors (Lipinski definition) is 1. The molecule has 0 spiro atoms. The fourth-order valence-corrected chi connectivity index (χ4v) is 2.16. The minimum absolute atomic E-state index is 0.166. The maximum atomic E-state index is 5.48. The second-order valence-electron chi connectivity index (χ2n) is 5.02. The summed E-state index contributed by atoms with van der Waals surface area (Å²) >= 11 is 1.80. The number of thiophene rings is 1. The van der Waals surface area contributed by atoms with Crippen molar-refractivity contribution in [3.8, 4) is 0 Å². The molecule has 0 saturated heterocycles. The third kappa shape index (κ3) is 6.78. The monoisotopic (exact) mass is 257 g/mol. The molecule has 0 unspecified atom stereocenters. The summed E-state index contributed by atoms with van der Waals surface area (Å²) in [6.45, 7) is 9.45. The first-order chi connectivity index (χ1) is 8.01. The zero-order valence-electron chi connectivity index (χ0n) is 11.2.